The Balaban J connectivity index is 2.27. The summed E-state index contributed by atoms with van der Waals surface area (Å²) in [7, 11) is 0. The highest BCUT2D eigenvalue weighted by atomic mass is 16.5. The van der Waals surface area contributed by atoms with Gasteiger partial charge in [-0.05, 0) is 37.6 Å². The van der Waals surface area contributed by atoms with E-state index in [1.165, 1.54) is 0 Å². The second-order valence-electron chi connectivity index (χ2n) is 4.63. The third-order valence-electron chi connectivity index (χ3n) is 3.00. The number of hydrogen-bond donors (Lipinski definition) is 0. The number of carbonyl (C=O) groups is 1. The monoisotopic (exact) mass is 284 g/mol. The van der Waals surface area contributed by atoms with Crippen molar-refractivity contribution in [2.24, 2.45) is 0 Å². The molecule has 0 aliphatic heterocycles. The van der Waals surface area contributed by atoms with Crippen LogP contribution in [0.5, 0.6) is 11.5 Å². The molecule has 3 heteroatoms. The normalized spacial score (nSPS) is 10.2. The lowest BCUT2D eigenvalue weighted by Crippen LogP contribution is -2.06. The third-order valence-corrected chi connectivity index (χ3v) is 3.00. The molecule has 0 amide bonds. The van der Waals surface area contributed by atoms with Gasteiger partial charge in [0.25, 0.3) is 0 Å². The van der Waals surface area contributed by atoms with Crippen molar-refractivity contribution in [3.63, 3.8) is 0 Å². The van der Waals surface area contributed by atoms with E-state index in [0.717, 1.165) is 12.2 Å². The van der Waals surface area contributed by atoms with E-state index >= 15 is 0 Å². The minimum absolute atomic E-state index is 0.0546. The largest absolute Gasteiger partial charge is 0.494 e. The number of benzene rings is 2. The van der Waals surface area contributed by atoms with Crippen molar-refractivity contribution < 1.29 is 14.3 Å². The first-order valence-electron chi connectivity index (χ1n) is 7.25. The minimum atomic E-state index is -0.0546. The zero-order valence-corrected chi connectivity index (χ0v) is 12.5. The van der Waals surface area contributed by atoms with Crippen LogP contribution < -0.4 is 9.47 Å². The van der Waals surface area contributed by atoms with E-state index in [9.17, 15) is 4.79 Å². The van der Waals surface area contributed by atoms with Gasteiger partial charge < -0.3 is 9.47 Å². The van der Waals surface area contributed by atoms with E-state index in [2.05, 4.69) is 0 Å². The summed E-state index contributed by atoms with van der Waals surface area (Å²) in [5.41, 5.74) is 1.18. The molecule has 0 aliphatic rings. The summed E-state index contributed by atoms with van der Waals surface area (Å²) in [5.74, 6) is 1.28. The smallest absolute Gasteiger partial charge is 0.196 e. The fourth-order valence-electron chi connectivity index (χ4n) is 2.04. The predicted molar refractivity (Wildman–Crippen MR) is 83.3 cm³/mol. The number of ketones is 1. The van der Waals surface area contributed by atoms with Crippen LogP contribution in [0, 0.1) is 0 Å². The molecule has 0 spiro atoms. The summed E-state index contributed by atoms with van der Waals surface area (Å²) in [5, 5.41) is 0. The molecule has 2 aromatic carbocycles. The van der Waals surface area contributed by atoms with Crippen LogP contribution >= 0.6 is 0 Å². The van der Waals surface area contributed by atoms with Crippen molar-refractivity contribution in [3.05, 3.63) is 59.7 Å². The number of carbonyl (C=O) groups excluding carboxylic acids is 1. The van der Waals surface area contributed by atoms with Gasteiger partial charge in [-0.15, -0.1) is 0 Å². The molecule has 0 saturated heterocycles. The van der Waals surface area contributed by atoms with Crippen molar-refractivity contribution in [2.75, 3.05) is 13.2 Å². The van der Waals surface area contributed by atoms with E-state index in [0.29, 0.717) is 30.1 Å². The first kappa shape index (κ1) is 15.1. The van der Waals surface area contributed by atoms with Gasteiger partial charge in [-0.2, -0.15) is 0 Å². The second kappa shape index (κ2) is 7.48. The van der Waals surface area contributed by atoms with Gasteiger partial charge >= 0.3 is 0 Å². The Kier molecular flexibility index (Phi) is 5.38. The van der Waals surface area contributed by atoms with Crippen LogP contribution in [0.3, 0.4) is 0 Å². The topological polar surface area (TPSA) is 35.5 Å². The lowest BCUT2D eigenvalue weighted by Gasteiger charge is -2.10. The van der Waals surface area contributed by atoms with Crippen molar-refractivity contribution in [1.29, 1.82) is 0 Å². The molecule has 0 unspecified atom stereocenters. The lowest BCUT2D eigenvalue weighted by atomic mass is 10.0. The van der Waals surface area contributed by atoms with Crippen LogP contribution in [0.4, 0.5) is 0 Å². The molecule has 0 N–H and O–H groups in total. The SMILES string of the molecule is CCCOc1cccc(C(=O)c2ccccc2OCC)c1. The molecule has 0 fully saturated rings. The van der Waals surface area contributed by atoms with Gasteiger partial charge in [0, 0.05) is 5.56 Å². The maximum atomic E-state index is 12.6. The quantitative estimate of drug-likeness (QED) is 0.718. The number of hydrogen-bond acceptors (Lipinski definition) is 3. The first-order chi connectivity index (χ1) is 10.3. The Morgan fingerprint density at radius 3 is 2.57 bits per heavy atom. The molecule has 2 aromatic rings. The molecule has 0 atom stereocenters. The predicted octanol–water partition coefficient (Wildman–Crippen LogP) is 4.11. The van der Waals surface area contributed by atoms with Crippen molar-refractivity contribution >= 4 is 5.78 Å². The molecule has 0 radical (unpaired) electrons. The van der Waals surface area contributed by atoms with Gasteiger partial charge in [-0.25, -0.2) is 0 Å². The summed E-state index contributed by atoms with van der Waals surface area (Å²) in [6.07, 6.45) is 0.936. The highest BCUT2D eigenvalue weighted by molar-refractivity contribution is 6.10. The van der Waals surface area contributed by atoms with Crippen molar-refractivity contribution in [2.45, 2.75) is 20.3 Å². The first-order valence-corrected chi connectivity index (χ1v) is 7.25. The second-order valence-corrected chi connectivity index (χ2v) is 4.63. The summed E-state index contributed by atoms with van der Waals surface area (Å²) in [6.45, 7) is 5.13. The van der Waals surface area contributed by atoms with Gasteiger partial charge in [0.15, 0.2) is 5.78 Å². The van der Waals surface area contributed by atoms with E-state index in [1.807, 2.05) is 44.2 Å². The summed E-state index contributed by atoms with van der Waals surface area (Å²) >= 11 is 0. The van der Waals surface area contributed by atoms with Gasteiger partial charge in [0.05, 0.1) is 18.8 Å². The van der Waals surface area contributed by atoms with Crippen LogP contribution in [0.1, 0.15) is 36.2 Å². The number of para-hydroxylation sites is 1. The highest BCUT2D eigenvalue weighted by Crippen LogP contribution is 2.23. The molecule has 2 rings (SSSR count). The Labute approximate surface area is 125 Å². The molecule has 3 nitrogen and oxygen atoms in total. The molecule has 110 valence electrons. The molecular formula is C18H20O3. The Bertz CT molecular complexity index is 605. The van der Waals surface area contributed by atoms with Crippen LogP contribution in [-0.2, 0) is 0 Å². The zero-order chi connectivity index (χ0) is 15.1. The molecule has 0 saturated carbocycles. The Morgan fingerprint density at radius 2 is 1.81 bits per heavy atom. The van der Waals surface area contributed by atoms with Crippen LogP contribution in [0.15, 0.2) is 48.5 Å². The van der Waals surface area contributed by atoms with Crippen LogP contribution in [0.25, 0.3) is 0 Å². The van der Waals surface area contributed by atoms with E-state index in [-0.39, 0.29) is 5.78 Å². The fraction of sp³-hybridized carbons (Fsp3) is 0.278. The average molecular weight is 284 g/mol. The minimum Gasteiger partial charge on any atom is -0.494 e. The Hall–Kier alpha value is -2.29. The standard InChI is InChI=1S/C18H20O3/c1-3-12-21-15-9-7-8-14(13-15)18(19)16-10-5-6-11-17(16)20-4-2/h5-11,13H,3-4,12H2,1-2H3. The van der Waals surface area contributed by atoms with Crippen molar-refractivity contribution in [3.8, 4) is 11.5 Å². The summed E-state index contributed by atoms with van der Waals surface area (Å²) in [4.78, 5) is 12.6. The van der Waals surface area contributed by atoms with Crippen LogP contribution in [-0.4, -0.2) is 19.0 Å². The van der Waals surface area contributed by atoms with Crippen molar-refractivity contribution in [1.82, 2.24) is 0 Å². The maximum Gasteiger partial charge on any atom is 0.196 e. The third kappa shape index (κ3) is 3.85. The van der Waals surface area contributed by atoms with Gasteiger partial charge in [-0.3, -0.25) is 4.79 Å². The number of ether oxygens (including phenoxy) is 2. The zero-order valence-electron chi connectivity index (χ0n) is 12.5. The molecule has 0 aromatic heterocycles. The molecular weight excluding hydrogens is 264 g/mol. The fourth-order valence-corrected chi connectivity index (χ4v) is 2.04. The molecule has 21 heavy (non-hydrogen) atoms. The Morgan fingerprint density at radius 1 is 1.00 bits per heavy atom. The summed E-state index contributed by atoms with van der Waals surface area (Å²) in [6, 6.07) is 14.6. The lowest BCUT2D eigenvalue weighted by molar-refractivity contribution is 0.103. The molecule has 0 heterocycles. The average Bonchev–Trinajstić information content (AvgIpc) is 2.53. The van der Waals surface area contributed by atoms with Gasteiger partial charge in [0.1, 0.15) is 11.5 Å². The van der Waals surface area contributed by atoms with Crippen LogP contribution in [0.2, 0.25) is 0 Å². The molecule has 0 aliphatic carbocycles. The molecule has 0 bridgehead atoms. The van der Waals surface area contributed by atoms with E-state index in [1.54, 1.807) is 18.2 Å². The number of rotatable bonds is 7. The van der Waals surface area contributed by atoms with Gasteiger partial charge in [-0.1, -0.05) is 31.2 Å². The van der Waals surface area contributed by atoms with E-state index in [4.69, 9.17) is 9.47 Å². The highest BCUT2D eigenvalue weighted by Gasteiger charge is 2.14. The maximum absolute atomic E-state index is 12.6. The van der Waals surface area contributed by atoms with Gasteiger partial charge in [0.2, 0.25) is 0 Å². The van der Waals surface area contributed by atoms with E-state index < -0.39 is 0 Å². The summed E-state index contributed by atoms with van der Waals surface area (Å²) < 4.78 is 11.1.